The van der Waals surface area contributed by atoms with E-state index >= 15 is 0 Å². The van der Waals surface area contributed by atoms with E-state index in [9.17, 15) is 4.79 Å². The van der Waals surface area contributed by atoms with Gasteiger partial charge in [0.25, 0.3) is 0 Å². The molecule has 5 heteroatoms. The first-order valence-corrected chi connectivity index (χ1v) is 11.3. The predicted octanol–water partition coefficient (Wildman–Crippen LogP) is 5.88. The molecule has 0 spiro atoms. The van der Waals surface area contributed by atoms with Crippen molar-refractivity contribution in [1.82, 2.24) is 0 Å². The van der Waals surface area contributed by atoms with Gasteiger partial charge >= 0.3 is 5.97 Å². The summed E-state index contributed by atoms with van der Waals surface area (Å²) in [5.41, 5.74) is 1.64. The van der Waals surface area contributed by atoms with Crippen molar-refractivity contribution in [2.45, 2.75) is 45.3 Å². The molecule has 0 aliphatic carbocycles. The summed E-state index contributed by atoms with van der Waals surface area (Å²) in [6.07, 6.45) is 0.325. The van der Waals surface area contributed by atoms with Crippen LogP contribution < -0.4 is 9.47 Å². The highest BCUT2D eigenvalue weighted by atomic mass is 16.6. The lowest BCUT2D eigenvalue weighted by atomic mass is 9.91. The number of ether oxygens (including phenoxy) is 3. The fraction of sp³-hybridized carbons (Fsp3) is 0.310. The molecule has 1 atom stereocenters. The minimum absolute atomic E-state index is 0.325. The molecule has 0 heterocycles. The number of benzene rings is 3. The van der Waals surface area contributed by atoms with E-state index in [1.54, 1.807) is 14.2 Å². The average Bonchev–Trinajstić information content (AvgIpc) is 2.82. The number of methoxy groups -OCH3 is 2. The minimum atomic E-state index is -1.19. The second-order valence-electron chi connectivity index (χ2n) is 9.33. The Labute approximate surface area is 202 Å². The fourth-order valence-corrected chi connectivity index (χ4v) is 3.67. The molecule has 0 bridgehead atoms. The zero-order chi connectivity index (χ0) is 24.8. The van der Waals surface area contributed by atoms with Crippen molar-refractivity contribution in [2.24, 2.45) is 4.99 Å². The number of nitrogens with zero attached hydrogens (tertiary/aromatic N) is 1. The zero-order valence-electron chi connectivity index (χ0n) is 20.8. The van der Waals surface area contributed by atoms with E-state index in [0.717, 1.165) is 22.4 Å². The average molecular weight is 460 g/mol. The maximum Gasteiger partial charge on any atom is 0.334 e. The Morgan fingerprint density at radius 3 is 1.76 bits per heavy atom. The van der Waals surface area contributed by atoms with Gasteiger partial charge in [0.15, 0.2) is 17.0 Å². The summed E-state index contributed by atoms with van der Waals surface area (Å²) in [6, 6.07) is 25.4. The van der Waals surface area contributed by atoms with Crippen LogP contribution in [0.5, 0.6) is 11.5 Å². The first-order valence-electron chi connectivity index (χ1n) is 11.3. The molecule has 0 aliphatic rings. The van der Waals surface area contributed by atoms with Crippen LogP contribution in [0.4, 0.5) is 0 Å². The minimum Gasteiger partial charge on any atom is -0.493 e. The summed E-state index contributed by atoms with van der Waals surface area (Å²) in [5, 5.41) is 0. The normalized spacial score (nSPS) is 12.9. The van der Waals surface area contributed by atoms with Crippen LogP contribution in [0.15, 0.2) is 83.9 Å². The van der Waals surface area contributed by atoms with Gasteiger partial charge in [-0.1, -0.05) is 66.7 Å². The second kappa shape index (κ2) is 10.6. The highest BCUT2D eigenvalue weighted by Gasteiger charge is 2.38. The van der Waals surface area contributed by atoms with Crippen LogP contribution in [0, 0.1) is 0 Å². The van der Waals surface area contributed by atoms with E-state index in [4.69, 9.17) is 19.2 Å². The quantitative estimate of drug-likeness (QED) is 0.312. The molecular weight excluding hydrogens is 426 g/mol. The summed E-state index contributed by atoms with van der Waals surface area (Å²) in [7, 11) is 3.19. The molecule has 34 heavy (non-hydrogen) atoms. The molecule has 3 rings (SSSR count). The lowest BCUT2D eigenvalue weighted by Crippen LogP contribution is -2.42. The zero-order valence-corrected chi connectivity index (χ0v) is 20.8. The number of carbonyl (C=O) groups excluding carboxylic acids is 1. The molecule has 0 aliphatic heterocycles. The van der Waals surface area contributed by atoms with Gasteiger partial charge in [0.1, 0.15) is 5.60 Å². The molecule has 5 nitrogen and oxygen atoms in total. The third kappa shape index (κ3) is 6.25. The number of rotatable bonds is 8. The van der Waals surface area contributed by atoms with Gasteiger partial charge in [-0.25, -0.2) is 4.79 Å². The number of aliphatic imine (C=N–C) groups is 1. The first kappa shape index (κ1) is 25.0. The molecule has 0 amide bonds. The summed E-state index contributed by atoms with van der Waals surface area (Å²) >= 11 is 0. The Bertz CT molecular complexity index is 1090. The molecule has 3 aromatic rings. The van der Waals surface area contributed by atoms with E-state index in [-0.39, 0.29) is 5.97 Å². The van der Waals surface area contributed by atoms with Gasteiger partial charge < -0.3 is 14.2 Å². The fourth-order valence-electron chi connectivity index (χ4n) is 3.67. The monoisotopic (exact) mass is 459 g/mol. The van der Waals surface area contributed by atoms with Crippen molar-refractivity contribution >= 4 is 11.7 Å². The summed E-state index contributed by atoms with van der Waals surface area (Å²) in [5.74, 6) is 0.837. The third-order valence-electron chi connectivity index (χ3n) is 5.29. The molecule has 3 aromatic carbocycles. The maximum atomic E-state index is 13.6. The van der Waals surface area contributed by atoms with E-state index in [1.165, 1.54) is 0 Å². The molecule has 178 valence electrons. The van der Waals surface area contributed by atoms with Gasteiger partial charge in [-0.2, -0.15) is 0 Å². The molecular formula is C29H33NO4. The Morgan fingerprint density at radius 2 is 1.29 bits per heavy atom. The third-order valence-corrected chi connectivity index (χ3v) is 5.29. The summed E-state index contributed by atoms with van der Waals surface area (Å²) in [4.78, 5) is 18.7. The van der Waals surface area contributed by atoms with Crippen LogP contribution >= 0.6 is 0 Å². The molecule has 0 radical (unpaired) electrons. The lowest BCUT2D eigenvalue weighted by Gasteiger charge is -2.30. The van der Waals surface area contributed by atoms with Gasteiger partial charge in [0.2, 0.25) is 0 Å². The van der Waals surface area contributed by atoms with E-state index in [2.05, 4.69) is 0 Å². The highest BCUT2D eigenvalue weighted by molar-refractivity contribution is 6.13. The van der Waals surface area contributed by atoms with Gasteiger partial charge in [0.05, 0.1) is 19.9 Å². The van der Waals surface area contributed by atoms with Crippen LogP contribution in [0.25, 0.3) is 0 Å². The number of esters is 1. The van der Waals surface area contributed by atoms with E-state index in [1.807, 2.05) is 107 Å². The molecule has 0 N–H and O–H groups in total. The molecule has 0 saturated carbocycles. The van der Waals surface area contributed by atoms with E-state index < -0.39 is 11.1 Å². The van der Waals surface area contributed by atoms with Crippen molar-refractivity contribution in [3.05, 3.63) is 95.6 Å². The van der Waals surface area contributed by atoms with Crippen molar-refractivity contribution < 1.29 is 19.0 Å². The SMILES string of the molecule is COc1ccc(CC(C)(N=C(c2ccccc2)c2ccccc2)C(=O)OC(C)(C)C)cc1OC. The second-order valence-corrected chi connectivity index (χ2v) is 9.33. The topological polar surface area (TPSA) is 57.1 Å². The number of hydrogen-bond acceptors (Lipinski definition) is 5. The van der Waals surface area contributed by atoms with Crippen LogP contribution in [0.3, 0.4) is 0 Å². The Hall–Kier alpha value is -3.60. The predicted molar refractivity (Wildman–Crippen MR) is 136 cm³/mol. The molecule has 0 aromatic heterocycles. The number of hydrogen-bond donors (Lipinski definition) is 0. The van der Waals surface area contributed by atoms with Crippen LogP contribution in [0.1, 0.15) is 44.4 Å². The van der Waals surface area contributed by atoms with Crippen molar-refractivity contribution in [3.63, 3.8) is 0 Å². The van der Waals surface area contributed by atoms with Crippen molar-refractivity contribution in [2.75, 3.05) is 14.2 Å². The maximum absolute atomic E-state index is 13.6. The van der Waals surface area contributed by atoms with Gasteiger partial charge in [-0.05, 0) is 45.4 Å². The molecule has 1 unspecified atom stereocenters. The first-order chi connectivity index (χ1) is 16.1. The Balaban J connectivity index is 2.15. The summed E-state index contributed by atoms with van der Waals surface area (Å²) < 4.78 is 16.7. The Morgan fingerprint density at radius 1 is 0.765 bits per heavy atom. The largest absolute Gasteiger partial charge is 0.493 e. The highest BCUT2D eigenvalue weighted by Crippen LogP contribution is 2.31. The van der Waals surface area contributed by atoms with Crippen molar-refractivity contribution in [3.8, 4) is 11.5 Å². The van der Waals surface area contributed by atoms with Gasteiger partial charge in [0, 0.05) is 17.5 Å². The molecule has 0 saturated heterocycles. The van der Waals surface area contributed by atoms with Gasteiger partial charge in [-0.3, -0.25) is 4.99 Å². The van der Waals surface area contributed by atoms with Crippen molar-refractivity contribution in [1.29, 1.82) is 0 Å². The van der Waals surface area contributed by atoms with E-state index in [0.29, 0.717) is 17.9 Å². The molecule has 0 fully saturated rings. The lowest BCUT2D eigenvalue weighted by molar-refractivity contribution is -0.160. The number of carbonyl (C=O) groups is 1. The van der Waals surface area contributed by atoms with Gasteiger partial charge in [-0.15, -0.1) is 0 Å². The standard InChI is InChI=1S/C29H33NO4/c1-28(2,3)34-27(31)29(4,20-21-17-18-24(32-5)25(19-21)33-6)30-26(22-13-9-7-10-14-22)23-15-11-8-12-16-23/h7-19H,20H2,1-6H3. The van der Waals surface area contributed by atoms with Crippen LogP contribution in [-0.4, -0.2) is 37.0 Å². The van der Waals surface area contributed by atoms with Crippen LogP contribution in [0.2, 0.25) is 0 Å². The summed E-state index contributed by atoms with van der Waals surface area (Å²) in [6.45, 7) is 7.41. The van der Waals surface area contributed by atoms with Crippen LogP contribution in [-0.2, 0) is 16.0 Å². The smallest absolute Gasteiger partial charge is 0.334 e. The Kier molecular flexibility index (Phi) is 7.77.